The number of hydrogen-bond acceptors (Lipinski definition) is 5. The standard InChI is InChI=1S/C19H16FN3O2S/c20-13-6-12-7-14(10-23-18(24)9-15-2-1-5-26-15)25-19(12)16(8-13)17-11-21-3-4-22-17/h1-6,8,11,14H,7,9-10H2,(H,23,24). The molecule has 1 N–H and O–H groups in total. The Labute approximate surface area is 153 Å². The third-order valence-electron chi connectivity index (χ3n) is 4.14. The molecule has 0 bridgehead atoms. The molecular weight excluding hydrogens is 353 g/mol. The third-order valence-corrected chi connectivity index (χ3v) is 5.02. The van der Waals surface area contributed by atoms with Crippen molar-refractivity contribution in [2.24, 2.45) is 0 Å². The first kappa shape index (κ1) is 16.7. The van der Waals surface area contributed by atoms with Crippen molar-refractivity contribution in [3.8, 4) is 17.0 Å². The van der Waals surface area contributed by atoms with Crippen molar-refractivity contribution in [3.05, 3.63) is 64.5 Å². The first-order valence-corrected chi connectivity index (χ1v) is 9.11. The number of ether oxygens (including phenoxy) is 1. The average Bonchev–Trinajstić information content (AvgIpc) is 3.29. The molecule has 1 aliphatic rings. The van der Waals surface area contributed by atoms with Crippen LogP contribution in [-0.4, -0.2) is 28.5 Å². The van der Waals surface area contributed by atoms with E-state index >= 15 is 0 Å². The molecule has 1 unspecified atom stereocenters. The van der Waals surface area contributed by atoms with Crippen molar-refractivity contribution in [2.45, 2.75) is 18.9 Å². The van der Waals surface area contributed by atoms with E-state index in [4.69, 9.17) is 4.74 Å². The van der Waals surface area contributed by atoms with E-state index in [0.717, 1.165) is 10.4 Å². The van der Waals surface area contributed by atoms with Gasteiger partial charge < -0.3 is 10.1 Å². The Morgan fingerprint density at radius 1 is 1.38 bits per heavy atom. The molecule has 132 valence electrons. The highest BCUT2D eigenvalue weighted by molar-refractivity contribution is 7.10. The number of nitrogens with one attached hydrogen (secondary N) is 1. The molecule has 3 aromatic rings. The number of halogens is 1. The van der Waals surface area contributed by atoms with Gasteiger partial charge in [-0.2, -0.15) is 0 Å². The maximum Gasteiger partial charge on any atom is 0.225 e. The van der Waals surface area contributed by atoms with Crippen molar-refractivity contribution in [3.63, 3.8) is 0 Å². The van der Waals surface area contributed by atoms with Crippen molar-refractivity contribution in [2.75, 3.05) is 6.54 Å². The molecule has 0 radical (unpaired) electrons. The fourth-order valence-electron chi connectivity index (χ4n) is 3.00. The van der Waals surface area contributed by atoms with Crippen LogP contribution in [0.1, 0.15) is 10.4 Å². The molecule has 0 saturated heterocycles. The topological polar surface area (TPSA) is 64.1 Å². The fraction of sp³-hybridized carbons (Fsp3) is 0.211. The number of carbonyl (C=O) groups is 1. The predicted molar refractivity (Wildman–Crippen MR) is 96.6 cm³/mol. The molecule has 2 aromatic heterocycles. The van der Waals surface area contributed by atoms with Gasteiger partial charge in [-0.05, 0) is 23.6 Å². The summed E-state index contributed by atoms with van der Waals surface area (Å²) in [6.07, 6.45) is 5.37. The van der Waals surface area contributed by atoms with Crippen LogP contribution in [0.25, 0.3) is 11.3 Å². The Balaban J connectivity index is 1.45. The summed E-state index contributed by atoms with van der Waals surface area (Å²) in [6.45, 7) is 0.375. The molecular formula is C19H16FN3O2S. The summed E-state index contributed by atoms with van der Waals surface area (Å²) in [5, 5.41) is 4.84. The van der Waals surface area contributed by atoms with Crippen LogP contribution in [0.15, 0.2) is 48.2 Å². The van der Waals surface area contributed by atoms with Gasteiger partial charge in [-0.15, -0.1) is 11.3 Å². The highest BCUT2D eigenvalue weighted by Gasteiger charge is 2.27. The van der Waals surface area contributed by atoms with Gasteiger partial charge in [0.1, 0.15) is 17.7 Å². The zero-order valence-electron chi connectivity index (χ0n) is 13.8. The number of aromatic nitrogens is 2. The SMILES string of the molecule is O=C(Cc1cccs1)NCC1Cc2cc(F)cc(-c3cnccn3)c2O1. The van der Waals surface area contributed by atoms with Gasteiger partial charge in [0.05, 0.1) is 24.9 Å². The van der Waals surface area contributed by atoms with Crippen LogP contribution in [0.2, 0.25) is 0 Å². The maximum absolute atomic E-state index is 14.0. The molecule has 5 nitrogen and oxygen atoms in total. The largest absolute Gasteiger partial charge is 0.487 e. The van der Waals surface area contributed by atoms with Crippen molar-refractivity contribution < 1.29 is 13.9 Å². The van der Waals surface area contributed by atoms with Gasteiger partial charge in [0, 0.05) is 34.8 Å². The van der Waals surface area contributed by atoms with E-state index in [1.807, 2.05) is 17.5 Å². The average molecular weight is 369 g/mol. The number of rotatable bonds is 5. The van der Waals surface area contributed by atoms with Gasteiger partial charge in [-0.1, -0.05) is 6.07 Å². The van der Waals surface area contributed by atoms with Crippen molar-refractivity contribution >= 4 is 17.2 Å². The van der Waals surface area contributed by atoms with Crippen LogP contribution < -0.4 is 10.1 Å². The second-order valence-corrected chi connectivity index (χ2v) is 7.07. The van der Waals surface area contributed by atoms with E-state index < -0.39 is 0 Å². The summed E-state index contributed by atoms with van der Waals surface area (Å²) in [4.78, 5) is 21.3. The van der Waals surface area contributed by atoms with E-state index in [1.54, 1.807) is 29.9 Å². The molecule has 3 heterocycles. The van der Waals surface area contributed by atoms with Gasteiger partial charge in [0.2, 0.25) is 5.91 Å². The van der Waals surface area contributed by atoms with E-state index in [1.165, 1.54) is 12.1 Å². The number of carbonyl (C=O) groups excluding carboxylic acids is 1. The number of hydrogen-bond donors (Lipinski definition) is 1. The quantitative estimate of drug-likeness (QED) is 0.751. The number of benzene rings is 1. The van der Waals surface area contributed by atoms with Crippen LogP contribution in [0, 0.1) is 5.82 Å². The molecule has 1 atom stereocenters. The van der Waals surface area contributed by atoms with Gasteiger partial charge in [-0.25, -0.2) is 4.39 Å². The molecule has 1 aliphatic heterocycles. The van der Waals surface area contributed by atoms with E-state index in [2.05, 4.69) is 15.3 Å². The van der Waals surface area contributed by atoms with E-state index in [9.17, 15) is 9.18 Å². The lowest BCUT2D eigenvalue weighted by Gasteiger charge is -2.13. The molecule has 1 aromatic carbocycles. The second-order valence-electron chi connectivity index (χ2n) is 6.04. The Morgan fingerprint density at radius 2 is 2.31 bits per heavy atom. The lowest BCUT2D eigenvalue weighted by atomic mass is 10.0. The number of amides is 1. The number of fused-ring (bicyclic) bond motifs is 1. The minimum absolute atomic E-state index is 0.0488. The highest BCUT2D eigenvalue weighted by Crippen LogP contribution is 2.38. The molecule has 1 amide bonds. The summed E-state index contributed by atoms with van der Waals surface area (Å²) >= 11 is 1.55. The summed E-state index contributed by atoms with van der Waals surface area (Å²) in [6, 6.07) is 6.73. The minimum Gasteiger partial charge on any atom is -0.487 e. The molecule has 0 spiro atoms. The molecule has 7 heteroatoms. The zero-order valence-corrected chi connectivity index (χ0v) is 14.6. The number of nitrogens with zero attached hydrogens (tertiary/aromatic N) is 2. The van der Waals surface area contributed by atoms with Gasteiger partial charge in [0.25, 0.3) is 0 Å². The highest BCUT2D eigenvalue weighted by atomic mass is 32.1. The smallest absolute Gasteiger partial charge is 0.225 e. The van der Waals surface area contributed by atoms with Gasteiger partial charge >= 0.3 is 0 Å². The fourth-order valence-corrected chi connectivity index (χ4v) is 3.70. The molecule has 0 fully saturated rings. The minimum atomic E-state index is -0.338. The molecule has 4 rings (SSSR count). The monoisotopic (exact) mass is 369 g/mol. The van der Waals surface area contributed by atoms with Crippen LogP contribution in [0.5, 0.6) is 5.75 Å². The molecule has 0 saturated carbocycles. The van der Waals surface area contributed by atoms with Gasteiger partial charge in [-0.3, -0.25) is 14.8 Å². The normalized spacial score (nSPS) is 15.3. The summed E-state index contributed by atoms with van der Waals surface area (Å²) < 4.78 is 20.0. The van der Waals surface area contributed by atoms with Gasteiger partial charge in [0.15, 0.2) is 0 Å². The van der Waals surface area contributed by atoms with Crippen LogP contribution >= 0.6 is 11.3 Å². The molecule has 0 aliphatic carbocycles. The lowest BCUT2D eigenvalue weighted by Crippen LogP contribution is -2.35. The molecule has 26 heavy (non-hydrogen) atoms. The van der Waals surface area contributed by atoms with E-state index in [0.29, 0.717) is 36.4 Å². The second kappa shape index (κ2) is 7.21. The first-order valence-electron chi connectivity index (χ1n) is 8.23. The predicted octanol–water partition coefficient (Wildman–Crippen LogP) is 3.01. The van der Waals surface area contributed by atoms with E-state index in [-0.39, 0.29) is 17.8 Å². The summed E-state index contributed by atoms with van der Waals surface area (Å²) in [5.74, 6) is 0.229. The van der Waals surface area contributed by atoms with Crippen LogP contribution in [0.3, 0.4) is 0 Å². The third kappa shape index (κ3) is 3.57. The Morgan fingerprint density at radius 3 is 3.08 bits per heavy atom. The Hall–Kier alpha value is -2.80. The Kier molecular flexibility index (Phi) is 4.62. The summed E-state index contributed by atoms with van der Waals surface area (Å²) in [5.41, 5.74) is 1.93. The van der Waals surface area contributed by atoms with Crippen LogP contribution in [-0.2, 0) is 17.6 Å². The zero-order chi connectivity index (χ0) is 17.9. The Bertz CT molecular complexity index is 916. The number of thiophene rings is 1. The van der Waals surface area contributed by atoms with Crippen LogP contribution in [0.4, 0.5) is 4.39 Å². The summed E-state index contributed by atoms with van der Waals surface area (Å²) in [7, 11) is 0. The lowest BCUT2D eigenvalue weighted by molar-refractivity contribution is -0.120. The van der Waals surface area contributed by atoms with Crippen molar-refractivity contribution in [1.29, 1.82) is 0 Å². The maximum atomic E-state index is 14.0. The van der Waals surface area contributed by atoms with Crippen molar-refractivity contribution in [1.82, 2.24) is 15.3 Å². The first-order chi connectivity index (χ1) is 12.7.